The van der Waals surface area contributed by atoms with Crippen LogP contribution in [0.5, 0.6) is 17.2 Å². The Kier molecular flexibility index (Phi) is 5.53. The highest BCUT2D eigenvalue weighted by molar-refractivity contribution is 9.10. The summed E-state index contributed by atoms with van der Waals surface area (Å²) in [6.45, 7) is 3.95. The first-order chi connectivity index (χ1) is 14.4. The zero-order valence-corrected chi connectivity index (χ0v) is 18.2. The summed E-state index contributed by atoms with van der Waals surface area (Å²) < 4.78 is 28.1. The second kappa shape index (κ2) is 8.12. The third kappa shape index (κ3) is 3.68. The molecule has 2 aliphatic heterocycles. The van der Waals surface area contributed by atoms with Crippen molar-refractivity contribution in [3.63, 3.8) is 0 Å². The van der Waals surface area contributed by atoms with E-state index in [1.165, 1.54) is 7.11 Å². The number of carbonyl (C=O) groups excluding carboxylic acids is 2. The molecule has 30 heavy (non-hydrogen) atoms. The molecule has 156 valence electrons. The van der Waals surface area contributed by atoms with Crippen LogP contribution in [0.25, 0.3) is 6.08 Å². The van der Waals surface area contributed by atoms with Gasteiger partial charge < -0.3 is 23.7 Å². The Bertz CT molecular complexity index is 1070. The zero-order chi connectivity index (χ0) is 21.4. The number of esters is 1. The van der Waals surface area contributed by atoms with Crippen LogP contribution < -0.4 is 14.2 Å². The third-order valence-electron chi connectivity index (χ3n) is 4.86. The van der Waals surface area contributed by atoms with Gasteiger partial charge in [-0.05, 0) is 44.2 Å². The molecule has 0 spiro atoms. The first-order valence-electron chi connectivity index (χ1n) is 9.24. The molecule has 0 saturated heterocycles. The van der Waals surface area contributed by atoms with Gasteiger partial charge in [-0.2, -0.15) is 0 Å². The highest BCUT2D eigenvalue weighted by atomic mass is 79.9. The second-order valence-electron chi connectivity index (χ2n) is 6.88. The van der Waals surface area contributed by atoms with Crippen LogP contribution in [-0.2, 0) is 20.9 Å². The molecule has 0 saturated carbocycles. The third-order valence-corrected chi connectivity index (χ3v) is 5.32. The monoisotopic (exact) mass is 474 g/mol. The van der Waals surface area contributed by atoms with Crippen LogP contribution in [0.2, 0.25) is 0 Å². The normalized spacial score (nSPS) is 16.9. The van der Waals surface area contributed by atoms with Crippen molar-refractivity contribution < 1.29 is 33.3 Å². The first-order valence-corrected chi connectivity index (χ1v) is 10.0. The fraction of sp³-hybridized carbons (Fsp3) is 0.273. The molecular weight excluding hydrogens is 456 g/mol. The molecule has 2 aromatic rings. The quantitative estimate of drug-likeness (QED) is 0.485. The highest BCUT2D eigenvalue weighted by Gasteiger charge is 2.31. The summed E-state index contributed by atoms with van der Waals surface area (Å²) in [5.41, 5.74) is 2.66. The van der Waals surface area contributed by atoms with Crippen molar-refractivity contribution in [3.8, 4) is 17.2 Å². The van der Waals surface area contributed by atoms with Crippen molar-refractivity contribution in [2.45, 2.75) is 26.6 Å². The Labute approximate surface area is 181 Å². The van der Waals surface area contributed by atoms with Crippen molar-refractivity contribution in [1.29, 1.82) is 0 Å². The Morgan fingerprint density at radius 2 is 2.07 bits per heavy atom. The number of methoxy groups -OCH3 is 1. The van der Waals surface area contributed by atoms with Crippen molar-refractivity contribution in [2.24, 2.45) is 0 Å². The average molecular weight is 475 g/mol. The summed E-state index contributed by atoms with van der Waals surface area (Å²) in [5.74, 6) is 0.978. The zero-order valence-electron chi connectivity index (χ0n) is 16.6. The number of hydrogen-bond donors (Lipinski definition) is 0. The van der Waals surface area contributed by atoms with Crippen LogP contribution in [0.1, 0.15) is 34.0 Å². The Morgan fingerprint density at radius 1 is 1.27 bits per heavy atom. The minimum Gasteiger partial charge on any atom is -0.479 e. The Balaban J connectivity index is 1.67. The number of fused-ring (bicyclic) bond motifs is 2. The molecule has 1 unspecified atom stereocenters. The molecule has 8 heteroatoms. The number of benzene rings is 2. The lowest BCUT2D eigenvalue weighted by molar-refractivity contribution is -0.147. The molecule has 2 aromatic carbocycles. The number of hydrogen-bond acceptors (Lipinski definition) is 7. The van der Waals surface area contributed by atoms with Gasteiger partial charge in [-0.25, -0.2) is 4.79 Å². The summed E-state index contributed by atoms with van der Waals surface area (Å²) in [6.07, 6.45) is 0.875. The maximum absolute atomic E-state index is 12.9. The SMILES string of the molecule is COC(=O)C(C)Oc1ccc2c(c1C)O/C(=C\c1cc(Br)cc3c1OCOC3)C2=O. The van der Waals surface area contributed by atoms with Gasteiger partial charge in [0.2, 0.25) is 5.78 Å². The van der Waals surface area contributed by atoms with E-state index in [4.69, 9.17) is 18.9 Å². The summed E-state index contributed by atoms with van der Waals surface area (Å²) in [7, 11) is 1.30. The van der Waals surface area contributed by atoms with E-state index in [1.807, 2.05) is 12.1 Å². The van der Waals surface area contributed by atoms with Crippen molar-refractivity contribution in [3.05, 3.63) is 56.8 Å². The lowest BCUT2D eigenvalue weighted by Gasteiger charge is -2.20. The van der Waals surface area contributed by atoms with Gasteiger partial charge in [-0.3, -0.25) is 4.79 Å². The van der Waals surface area contributed by atoms with Gasteiger partial charge in [-0.15, -0.1) is 0 Å². The Morgan fingerprint density at radius 3 is 2.83 bits per heavy atom. The van der Waals surface area contributed by atoms with Crippen LogP contribution in [0.4, 0.5) is 0 Å². The molecule has 0 N–H and O–H groups in total. The highest BCUT2D eigenvalue weighted by Crippen LogP contribution is 2.41. The number of ether oxygens (including phenoxy) is 5. The number of rotatable bonds is 4. The van der Waals surface area contributed by atoms with Crippen LogP contribution >= 0.6 is 15.9 Å². The minimum absolute atomic E-state index is 0.151. The summed E-state index contributed by atoms with van der Waals surface area (Å²) >= 11 is 3.48. The van der Waals surface area contributed by atoms with E-state index in [2.05, 4.69) is 20.7 Å². The van der Waals surface area contributed by atoms with Crippen molar-refractivity contribution in [1.82, 2.24) is 0 Å². The van der Waals surface area contributed by atoms with Gasteiger partial charge in [0.25, 0.3) is 0 Å². The number of carbonyl (C=O) groups is 2. The molecule has 4 rings (SSSR count). The van der Waals surface area contributed by atoms with Gasteiger partial charge in [-0.1, -0.05) is 15.9 Å². The lowest BCUT2D eigenvalue weighted by atomic mass is 10.0. The summed E-state index contributed by atoms with van der Waals surface area (Å²) in [5, 5.41) is 0. The molecule has 0 fully saturated rings. The largest absolute Gasteiger partial charge is 0.479 e. The van der Waals surface area contributed by atoms with E-state index in [9.17, 15) is 9.59 Å². The van der Waals surface area contributed by atoms with Gasteiger partial charge in [0, 0.05) is 21.2 Å². The first kappa shape index (κ1) is 20.4. The van der Waals surface area contributed by atoms with E-state index in [1.54, 1.807) is 32.1 Å². The molecule has 7 nitrogen and oxygen atoms in total. The topological polar surface area (TPSA) is 80.3 Å². The van der Waals surface area contributed by atoms with Crippen LogP contribution in [0, 0.1) is 6.92 Å². The molecule has 2 heterocycles. The molecule has 2 aliphatic rings. The molecule has 0 bridgehead atoms. The molecule has 1 atom stereocenters. The van der Waals surface area contributed by atoms with E-state index in [0.29, 0.717) is 40.5 Å². The van der Waals surface area contributed by atoms with E-state index < -0.39 is 12.1 Å². The number of halogens is 1. The van der Waals surface area contributed by atoms with Gasteiger partial charge >= 0.3 is 5.97 Å². The summed E-state index contributed by atoms with van der Waals surface area (Å²) in [4.78, 5) is 24.6. The molecule has 0 radical (unpaired) electrons. The van der Waals surface area contributed by atoms with Crippen LogP contribution in [-0.4, -0.2) is 31.8 Å². The number of ketones is 1. The predicted molar refractivity (Wildman–Crippen MR) is 111 cm³/mol. The molecule has 0 amide bonds. The molecule has 0 aromatic heterocycles. The second-order valence-corrected chi connectivity index (χ2v) is 7.80. The maximum Gasteiger partial charge on any atom is 0.346 e. The molecule has 0 aliphatic carbocycles. The summed E-state index contributed by atoms with van der Waals surface area (Å²) in [6, 6.07) is 7.06. The van der Waals surface area contributed by atoms with Gasteiger partial charge in [0.05, 0.1) is 19.3 Å². The van der Waals surface area contributed by atoms with E-state index in [-0.39, 0.29) is 18.3 Å². The molecular formula is C22H19BrO7. The maximum atomic E-state index is 12.9. The van der Waals surface area contributed by atoms with Crippen molar-refractivity contribution >= 4 is 33.8 Å². The average Bonchev–Trinajstić information content (AvgIpc) is 3.05. The standard InChI is InChI=1S/C22H19BrO7/c1-11-17(29-12(2)22(25)26-3)5-4-16-19(24)18(30-20(11)16)8-13-6-15(23)7-14-9-27-10-28-21(13)14/h4-8,12H,9-10H2,1-3H3/b18-8-. The minimum atomic E-state index is -0.786. The van der Waals surface area contributed by atoms with Gasteiger partial charge in [0.15, 0.2) is 18.7 Å². The van der Waals surface area contributed by atoms with E-state index >= 15 is 0 Å². The lowest BCUT2D eigenvalue weighted by Crippen LogP contribution is -2.25. The Hall–Kier alpha value is -2.84. The fourth-order valence-corrected chi connectivity index (χ4v) is 3.88. The van der Waals surface area contributed by atoms with Crippen molar-refractivity contribution in [2.75, 3.05) is 13.9 Å². The number of allylic oxidation sites excluding steroid dienone is 1. The fourth-order valence-electron chi connectivity index (χ4n) is 3.36. The predicted octanol–water partition coefficient (Wildman–Crippen LogP) is 4.18. The van der Waals surface area contributed by atoms with Crippen LogP contribution in [0.3, 0.4) is 0 Å². The number of Topliss-reactive ketones (excluding diaryl/α,β-unsaturated/α-hetero) is 1. The van der Waals surface area contributed by atoms with Gasteiger partial charge in [0.1, 0.15) is 17.2 Å². The van der Waals surface area contributed by atoms with E-state index in [0.717, 1.165) is 10.0 Å². The van der Waals surface area contributed by atoms with Crippen LogP contribution in [0.15, 0.2) is 34.5 Å². The smallest absolute Gasteiger partial charge is 0.346 e.